The minimum Gasteiger partial charge on any atom is -0.465 e. The van der Waals surface area contributed by atoms with Crippen molar-refractivity contribution in [1.82, 2.24) is 9.88 Å². The van der Waals surface area contributed by atoms with Crippen LogP contribution in [-0.4, -0.2) is 35.4 Å². The van der Waals surface area contributed by atoms with Gasteiger partial charge < -0.3 is 9.64 Å². The van der Waals surface area contributed by atoms with E-state index < -0.39 is 5.97 Å². The van der Waals surface area contributed by atoms with E-state index >= 15 is 0 Å². The summed E-state index contributed by atoms with van der Waals surface area (Å²) in [5.74, 6) is -0.523. The zero-order valence-electron chi connectivity index (χ0n) is 12.6. The lowest BCUT2D eigenvalue weighted by Gasteiger charge is -2.29. The molecule has 1 aliphatic rings. The van der Waals surface area contributed by atoms with Gasteiger partial charge in [-0.25, -0.2) is 4.79 Å². The van der Waals surface area contributed by atoms with E-state index in [1.807, 2.05) is 0 Å². The van der Waals surface area contributed by atoms with Crippen molar-refractivity contribution in [2.45, 2.75) is 13.0 Å². The number of aromatic nitrogens is 1. The standard InChI is InChI=1S/C17H15ClN2O3/c1-23-17(22)14-9-19-8-11-10-20(7-6-12(11)14)16(21)13-4-2-3-5-15(13)18/h2-5,8-9H,6-7,10H2,1H3. The maximum atomic E-state index is 12.6. The van der Waals surface area contributed by atoms with Crippen molar-refractivity contribution >= 4 is 23.5 Å². The predicted octanol–water partition coefficient (Wildman–Crippen LogP) is 2.72. The average molecular weight is 331 g/mol. The van der Waals surface area contributed by atoms with Crippen LogP contribution in [0.1, 0.15) is 31.8 Å². The van der Waals surface area contributed by atoms with Crippen LogP contribution < -0.4 is 0 Å². The molecule has 0 fully saturated rings. The molecule has 0 N–H and O–H groups in total. The highest BCUT2D eigenvalue weighted by molar-refractivity contribution is 6.33. The highest BCUT2D eigenvalue weighted by Gasteiger charge is 2.26. The van der Waals surface area contributed by atoms with Crippen molar-refractivity contribution in [3.63, 3.8) is 0 Å². The van der Waals surface area contributed by atoms with E-state index in [1.165, 1.54) is 13.3 Å². The Morgan fingerprint density at radius 3 is 2.74 bits per heavy atom. The number of hydrogen-bond donors (Lipinski definition) is 0. The SMILES string of the molecule is COC(=O)c1cncc2c1CCN(C(=O)c1ccccc1Cl)C2. The van der Waals surface area contributed by atoms with Crippen LogP contribution in [0.4, 0.5) is 0 Å². The summed E-state index contributed by atoms with van der Waals surface area (Å²) in [4.78, 5) is 30.2. The van der Waals surface area contributed by atoms with Crippen LogP contribution in [0.15, 0.2) is 36.7 Å². The summed E-state index contributed by atoms with van der Waals surface area (Å²) >= 11 is 6.10. The van der Waals surface area contributed by atoms with E-state index in [-0.39, 0.29) is 5.91 Å². The highest BCUT2D eigenvalue weighted by atomic mass is 35.5. The number of amides is 1. The molecule has 23 heavy (non-hydrogen) atoms. The molecule has 1 aromatic carbocycles. The Morgan fingerprint density at radius 2 is 2.00 bits per heavy atom. The summed E-state index contributed by atoms with van der Waals surface area (Å²) < 4.78 is 4.78. The van der Waals surface area contributed by atoms with Crippen molar-refractivity contribution < 1.29 is 14.3 Å². The first-order valence-corrected chi connectivity index (χ1v) is 7.57. The summed E-state index contributed by atoms with van der Waals surface area (Å²) in [6, 6.07) is 6.98. The summed E-state index contributed by atoms with van der Waals surface area (Å²) in [5, 5.41) is 0.435. The molecule has 0 atom stereocenters. The fraction of sp³-hybridized carbons (Fsp3) is 0.235. The number of carbonyl (C=O) groups is 2. The number of benzene rings is 1. The minimum atomic E-state index is -0.403. The van der Waals surface area contributed by atoms with E-state index in [1.54, 1.807) is 35.4 Å². The molecule has 0 unspecified atom stereocenters. The Hall–Kier alpha value is -2.40. The molecule has 6 heteroatoms. The molecule has 0 radical (unpaired) electrons. The number of hydrogen-bond acceptors (Lipinski definition) is 4. The molecule has 0 saturated carbocycles. The second-order valence-electron chi connectivity index (χ2n) is 5.27. The molecule has 0 bridgehead atoms. The zero-order valence-corrected chi connectivity index (χ0v) is 13.3. The van der Waals surface area contributed by atoms with Gasteiger partial charge in [0.05, 0.1) is 23.3 Å². The fourth-order valence-corrected chi connectivity index (χ4v) is 2.97. The van der Waals surface area contributed by atoms with E-state index in [0.29, 0.717) is 35.7 Å². The number of fused-ring (bicyclic) bond motifs is 1. The lowest BCUT2D eigenvalue weighted by atomic mass is 9.96. The summed E-state index contributed by atoms with van der Waals surface area (Å²) in [5.41, 5.74) is 2.71. The van der Waals surface area contributed by atoms with Gasteiger partial charge in [-0.2, -0.15) is 0 Å². The lowest BCUT2D eigenvalue weighted by Crippen LogP contribution is -2.37. The number of rotatable bonds is 2. The minimum absolute atomic E-state index is 0.121. The first-order valence-electron chi connectivity index (χ1n) is 7.19. The van der Waals surface area contributed by atoms with Crippen molar-refractivity contribution in [3.05, 3.63) is 63.9 Å². The van der Waals surface area contributed by atoms with Crippen molar-refractivity contribution in [2.24, 2.45) is 0 Å². The number of ether oxygens (including phenoxy) is 1. The molecule has 1 aliphatic heterocycles. The molecule has 1 amide bonds. The number of carbonyl (C=O) groups excluding carboxylic acids is 2. The molecule has 2 aromatic rings. The molecule has 118 valence electrons. The molecule has 0 saturated heterocycles. The van der Waals surface area contributed by atoms with Gasteiger partial charge in [0.1, 0.15) is 0 Å². The zero-order chi connectivity index (χ0) is 16.4. The van der Waals surface area contributed by atoms with Gasteiger partial charge in [0.25, 0.3) is 5.91 Å². The van der Waals surface area contributed by atoms with Crippen molar-refractivity contribution in [1.29, 1.82) is 0 Å². The number of esters is 1. The van der Waals surface area contributed by atoms with Gasteiger partial charge in [0, 0.05) is 25.5 Å². The third-order valence-electron chi connectivity index (χ3n) is 3.94. The Bertz CT molecular complexity index is 776. The predicted molar refractivity (Wildman–Crippen MR) is 85.5 cm³/mol. The van der Waals surface area contributed by atoms with Gasteiger partial charge in [0.2, 0.25) is 0 Å². The number of nitrogens with zero attached hydrogens (tertiary/aromatic N) is 2. The van der Waals surface area contributed by atoms with Gasteiger partial charge in [0.15, 0.2) is 0 Å². The average Bonchev–Trinajstić information content (AvgIpc) is 2.60. The van der Waals surface area contributed by atoms with E-state index in [9.17, 15) is 9.59 Å². The third kappa shape index (κ3) is 2.92. The summed E-state index contributed by atoms with van der Waals surface area (Å²) in [6.45, 7) is 0.919. The smallest absolute Gasteiger partial charge is 0.339 e. The first-order chi connectivity index (χ1) is 11.1. The molecule has 0 aliphatic carbocycles. The maximum absolute atomic E-state index is 12.6. The van der Waals surface area contributed by atoms with Crippen molar-refractivity contribution in [2.75, 3.05) is 13.7 Å². The molecular formula is C17H15ClN2O3. The van der Waals surface area contributed by atoms with Gasteiger partial charge in [-0.3, -0.25) is 9.78 Å². The van der Waals surface area contributed by atoms with E-state index in [2.05, 4.69) is 4.98 Å². The Labute approximate surface area is 138 Å². The van der Waals surface area contributed by atoms with Crippen LogP contribution in [0.5, 0.6) is 0 Å². The van der Waals surface area contributed by atoms with Crippen LogP contribution in [0.2, 0.25) is 5.02 Å². The molecule has 1 aromatic heterocycles. The van der Waals surface area contributed by atoms with Gasteiger partial charge in [-0.15, -0.1) is 0 Å². The maximum Gasteiger partial charge on any atom is 0.339 e. The second-order valence-corrected chi connectivity index (χ2v) is 5.68. The molecule has 2 heterocycles. The first kappa shape index (κ1) is 15.5. The Morgan fingerprint density at radius 1 is 1.22 bits per heavy atom. The quantitative estimate of drug-likeness (QED) is 0.794. The molecule has 3 rings (SSSR count). The molecular weight excluding hydrogens is 316 g/mol. The molecule has 5 nitrogen and oxygen atoms in total. The second kappa shape index (κ2) is 6.38. The topological polar surface area (TPSA) is 59.5 Å². The molecule has 0 spiro atoms. The van der Waals surface area contributed by atoms with Crippen molar-refractivity contribution in [3.8, 4) is 0 Å². The Balaban J connectivity index is 1.88. The van der Waals surface area contributed by atoms with Crippen LogP contribution in [0.3, 0.4) is 0 Å². The van der Waals surface area contributed by atoms with Crippen LogP contribution >= 0.6 is 11.6 Å². The van der Waals surface area contributed by atoms with Gasteiger partial charge in [-0.05, 0) is 29.7 Å². The number of halogens is 1. The van der Waals surface area contributed by atoms with E-state index in [4.69, 9.17) is 16.3 Å². The fourth-order valence-electron chi connectivity index (χ4n) is 2.76. The normalized spacial score (nSPS) is 13.4. The van der Waals surface area contributed by atoms with Gasteiger partial charge >= 0.3 is 5.97 Å². The van der Waals surface area contributed by atoms with Gasteiger partial charge in [-0.1, -0.05) is 23.7 Å². The largest absolute Gasteiger partial charge is 0.465 e. The monoisotopic (exact) mass is 330 g/mol. The van der Waals surface area contributed by atoms with Crippen LogP contribution in [-0.2, 0) is 17.7 Å². The summed E-state index contributed by atoms with van der Waals surface area (Å²) in [7, 11) is 1.35. The lowest BCUT2D eigenvalue weighted by molar-refractivity contribution is 0.0598. The van der Waals surface area contributed by atoms with E-state index in [0.717, 1.165) is 11.1 Å². The summed E-state index contributed by atoms with van der Waals surface area (Å²) in [6.07, 6.45) is 3.78. The highest BCUT2D eigenvalue weighted by Crippen LogP contribution is 2.25. The Kier molecular flexibility index (Phi) is 4.30. The number of pyridine rings is 1. The van der Waals surface area contributed by atoms with Crippen LogP contribution in [0.25, 0.3) is 0 Å². The van der Waals surface area contributed by atoms with Crippen LogP contribution in [0, 0.1) is 0 Å². The third-order valence-corrected chi connectivity index (χ3v) is 4.27. The number of methoxy groups -OCH3 is 1.